The number of aliphatic hydroxyl groups excluding tert-OH is 2. The Hall–Kier alpha value is -1.03. The van der Waals surface area contributed by atoms with E-state index in [-0.39, 0.29) is 5.56 Å². The minimum absolute atomic E-state index is 0.0392. The van der Waals surface area contributed by atoms with Crippen molar-refractivity contribution in [3.8, 4) is 0 Å². The van der Waals surface area contributed by atoms with Gasteiger partial charge in [0.1, 0.15) is 18.3 Å². The van der Waals surface area contributed by atoms with Gasteiger partial charge in [0.2, 0.25) is 0 Å². The number of aryl methyl sites for hydroxylation is 1. The zero-order chi connectivity index (χ0) is 23.1. The zero-order valence-corrected chi connectivity index (χ0v) is 17.3. The number of nitrogens with one attached hydrogen (secondary N) is 1. The van der Waals surface area contributed by atoms with Gasteiger partial charge in [0.15, 0.2) is 6.23 Å². The molecule has 0 aliphatic carbocycles. The Morgan fingerprint density at radius 2 is 1.70 bits per heavy atom. The van der Waals surface area contributed by atoms with Gasteiger partial charge in [-0.3, -0.25) is 27.8 Å². The first-order valence-corrected chi connectivity index (χ1v) is 11.9. The van der Waals surface area contributed by atoms with Gasteiger partial charge in [0.05, 0.1) is 14.4 Å². The summed E-state index contributed by atoms with van der Waals surface area (Å²) in [6.07, 6.45) is -5.92. The van der Waals surface area contributed by atoms with E-state index in [0.717, 1.165) is 6.20 Å². The molecule has 1 saturated heterocycles. The van der Waals surface area contributed by atoms with E-state index in [1.165, 1.54) is 6.92 Å². The molecule has 2 heterocycles. The minimum atomic E-state index is -6.17. The third-order valence-corrected chi connectivity index (χ3v) is 7.22. The minimum Gasteiger partial charge on any atom is -0.790 e. The molecule has 0 bridgehead atoms. The summed E-state index contributed by atoms with van der Waals surface area (Å²) < 4.78 is 49.1. The third-order valence-electron chi connectivity index (χ3n) is 3.55. The van der Waals surface area contributed by atoms with Crippen molar-refractivity contribution in [1.82, 2.24) is 9.55 Å². The second kappa shape index (κ2) is 8.84. The number of phosphoric ester groups is 1. The molecular formula is C10H13N2O15P3-4. The zero-order valence-electron chi connectivity index (χ0n) is 14.6. The van der Waals surface area contributed by atoms with Crippen LogP contribution in [0.4, 0.5) is 0 Å². The number of rotatable bonds is 8. The van der Waals surface area contributed by atoms with Gasteiger partial charge in [0.25, 0.3) is 21.2 Å². The van der Waals surface area contributed by atoms with Crippen LogP contribution in [0, 0.1) is 6.92 Å². The number of hydrogen-bond acceptors (Lipinski definition) is 15. The highest BCUT2D eigenvalue weighted by Crippen LogP contribution is 2.60. The first-order valence-electron chi connectivity index (χ1n) is 7.56. The molecule has 2 rings (SSSR count). The van der Waals surface area contributed by atoms with E-state index in [1.807, 2.05) is 4.98 Å². The van der Waals surface area contributed by atoms with E-state index in [2.05, 4.69) is 13.1 Å². The van der Waals surface area contributed by atoms with E-state index < -0.39 is 65.9 Å². The highest BCUT2D eigenvalue weighted by molar-refractivity contribution is 7.64. The Morgan fingerprint density at radius 3 is 2.27 bits per heavy atom. The molecule has 6 atom stereocenters. The quantitative estimate of drug-likeness (QED) is 0.286. The SMILES string of the molecule is Cc1cn([C@@H]2O[C@H](COP(=O)([O-])OP(=O)([O-])OP(=O)([O-])[O-])[C@@H](O)[C@H]2O)c(=O)[nH]c1=O. The summed E-state index contributed by atoms with van der Waals surface area (Å²) in [5.74, 6) is 0. The van der Waals surface area contributed by atoms with Gasteiger partial charge in [-0.05, 0) is 6.92 Å². The lowest BCUT2D eigenvalue weighted by Crippen LogP contribution is -2.38. The molecular weight excluding hydrogens is 481 g/mol. The summed E-state index contributed by atoms with van der Waals surface area (Å²) in [6.45, 7) is 0.156. The summed E-state index contributed by atoms with van der Waals surface area (Å²) in [5.41, 5.74) is -1.71. The third kappa shape index (κ3) is 6.48. The second-order valence-electron chi connectivity index (χ2n) is 5.83. The maximum Gasteiger partial charge on any atom is 0.330 e. The fourth-order valence-corrected chi connectivity index (χ4v) is 5.19. The monoisotopic (exact) mass is 494 g/mol. The number of nitrogens with zero attached hydrogens (tertiary/aromatic N) is 1. The van der Waals surface area contributed by atoms with Gasteiger partial charge in [-0.15, -0.1) is 0 Å². The Balaban J connectivity index is 2.09. The molecule has 1 aliphatic rings. The molecule has 1 fully saturated rings. The van der Waals surface area contributed by atoms with Crippen LogP contribution in [-0.4, -0.2) is 44.7 Å². The normalized spacial score (nSPS) is 28.8. The summed E-state index contributed by atoms with van der Waals surface area (Å²) >= 11 is 0. The smallest absolute Gasteiger partial charge is 0.330 e. The maximum absolute atomic E-state index is 11.9. The van der Waals surface area contributed by atoms with Gasteiger partial charge in [0, 0.05) is 11.8 Å². The molecule has 0 amide bonds. The van der Waals surface area contributed by atoms with Crippen LogP contribution in [-0.2, 0) is 31.6 Å². The van der Waals surface area contributed by atoms with Crippen LogP contribution in [0.15, 0.2) is 15.8 Å². The topological polar surface area (TPSA) is 276 Å². The predicted octanol–water partition coefficient (Wildman–Crippen LogP) is -4.72. The van der Waals surface area contributed by atoms with E-state index in [0.29, 0.717) is 4.57 Å². The molecule has 1 aromatic heterocycles. The second-order valence-corrected chi connectivity index (χ2v) is 10.1. The molecule has 2 unspecified atom stereocenters. The predicted molar refractivity (Wildman–Crippen MR) is 82.9 cm³/mol. The maximum atomic E-state index is 11.9. The Morgan fingerprint density at radius 1 is 1.10 bits per heavy atom. The molecule has 1 aliphatic heterocycles. The molecule has 0 spiro atoms. The number of hydrogen-bond donors (Lipinski definition) is 3. The molecule has 0 aromatic carbocycles. The van der Waals surface area contributed by atoms with E-state index >= 15 is 0 Å². The van der Waals surface area contributed by atoms with Crippen molar-refractivity contribution in [2.75, 3.05) is 6.61 Å². The van der Waals surface area contributed by atoms with Crippen molar-refractivity contribution in [3.05, 3.63) is 32.6 Å². The lowest BCUT2D eigenvalue weighted by molar-refractivity contribution is -0.339. The van der Waals surface area contributed by atoms with Crippen molar-refractivity contribution in [2.45, 2.75) is 31.5 Å². The lowest BCUT2D eigenvalue weighted by Gasteiger charge is -2.37. The molecule has 17 nitrogen and oxygen atoms in total. The summed E-state index contributed by atoms with van der Waals surface area (Å²) in [7, 11) is -18.2. The van der Waals surface area contributed by atoms with Crippen LogP contribution in [0.25, 0.3) is 0 Å². The number of H-pyrrole nitrogens is 1. The van der Waals surface area contributed by atoms with Gasteiger partial charge in [-0.2, -0.15) is 0 Å². The van der Waals surface area contributed by atoms with Crippen molar-refractivity contribution in [2.24, 2.45) is 0 Å². The number of ether oxygens (including phenoxy) is 1. The average molecular weight is 494 g/mol. The number of aromatic nitrogens is 2. The van der Waals surface area contributed by atoms with Crippen LogP contribution in [0.3, 0.4) is 0 Å². The van der Waals surface area contributed by atoms with Gasteiger partial charge in [-0.25, -0.2) is 9.11 Å². The van der Waals surface area contributed by atoms with E-state index in [1.54, 1.807) is 0 Å². The fraction of sp³-hybridized carbons (Fsp3) is 0.600. The van der Waals surface area contributed by atoms with Crippen molar-refractivity contribution in [3.63, 3.8) is 0 Å². The van der Waals surface area contributed by atoms with Gasteiger partial charge in [-0.1, -0.05) is 0 Å². The van der Waals surface area contributed by atoms with Crippen LogP contribution in [0.1, 0.15) is 11.8 Å². The fourth-order valence-electron chi connectivity index (χ4n) is 2.32. The summed E-state index contributed by atoms with van der Waals surface area (Å²) in [5, 5.41) is 20.0. The standard InChI is InChI=1S/C10H17N2O15P3/c1-4-2-12(10(16)11-8(4)15)9-7(14)6(13)5(25-9)3-24-29(20,21)27-30(22,23)26-28(17,18)19/h2,5-7,9,13-14H,3H2,1H3,(H,20,21)(H,22,23)(H,11,15,16)(H2,17,18,19)/p-4/t5-,6-,7-,9-/m1/s1. The average Bonchev–Trinajstić information content (AvgIpc) is 2.81. The van der Waals surface area contributed by atoms with Crippen molar-refractivity contribution >= 4 is 23.5 Å². The van der Waals surface area contributed by atoms with Crippen LogP contribution >= 0.6 is 23.5 Å². The Bertz CT molecular complexity index is 1040. The first kappa shape index (κ1) is 25.2. The molecule has 20 heteroatoms. The molecule has 3 N–H and O–H groups in total. The molecule has 0 saturated carbocycles. The van der Waals surface area contributed by atoms with E-state index in [9.17, 15) is 53.1 Å². The lowest BCUT2D eigenvalue weighted by atomic mass is 10.1. The van der Waals surface area contributed by atoms with Gasteiger partial charge < -0.3 is 43.6 Å². The highest BCUT2D eigenvalue weighted by atomic mass is 31.3. The Kier molecular flexibility index (Phi) is 7.44. The summed E-state index contributed by atoms with van der Waals surface area (Å²) in [6, 6.07) is 0. The number of aliphatic hydroxyl groups is 2. The van der Waals surface area contributed by atoms with Crippen LogP contribution in [0.2, 0.25) is 0 Å². The molecule has 30 heavy (non-hydrogen) atoms. The molecule has 1 aromatic rings. The first-order chi connectivity index (χ1) is 13.5. The highest BCUT2D eigenvalue weighted by Gasteiger charge is 2.44. The van der Waals surface area contributed by atoms with E-state index in [4.69, 9.17) is 4.74 Å². The van der Waals surface area contributed by atoms with Gasteiger partial charge >= 0.3 is 5.69 Å². The van der Waals surface area contributed by atoms with Crippen molar-refractivity contribution in [1.29, 1.82) is 0 Å². The summed E-state index contributed by atoms with van der Waals surface area (Å²) in [4.78, 5) is 68.3. The van der Waals surface area contributed by atoms with Crippen LogP contribution in [0.5, 0.6) is 0 Å². The number of aromatic amines is 1. The largest absolute Gasteiger partial charge is 0.790 e. The van der Waals surface area contributed by atoms with Crippen molar-refractivity contribution < 1.29 is 61.4 Å². The Labute approximate surface area is 165 Å². The van der Waals surface area contributed by atoms with Crippen LogP contribution < -0.4 is 30.8 Å². The number of phosphoric acid groups is 3. The molecule has 172 valence electrons. The molecule has 0 radical (unpaired) electrons.